The summed E-state index contributed by atoms with van der Waals surface area (Å²) in [5.74, 6) is -0.297. The van der Waals surface area contributed by atoms with Gasteiger partial charge in [-0.25, -0.2) is 0 Å². The van der Waals surface area contributed by atoms with E-state index in [9.17, 15) is 9.59 Å². The van der Waals surface area contributed by atoms with Gasteiger partial charge in [0.2, 0.25) is 0 Å². The normalized spacial score (nSPS) is 15.4. The molecule has 3 rings (SSSR count). The zero-order valence-corrected chi connectivity index (χ0v) is 8.94. The van der Waals surface area contributed by atoms with Crippen LogP contribution in [0.5, 0.6) is 0 Å². The molecule has 1 aliphatic carbocycles. The zero-order chi connectivity index (χ0) is 11.8. The molecule has 1 aliphatic rings. The number of aromatic amines is 1. The summed E-state index contributed by atoms with van der Waals surface area (Å²) in [7, 11) is 0. The molecule has 0 saturated heterocycles. The minimum Gasteiger partial charge on any atom is -0.354 e. The molecule has 3 nitrogen and oxygen atoms in total. The van der Waals surface area contributed by atoms with E-state index in [0.717, 1.165) is 10.9 Å². The van der Waals surface area contributed by atoms with Crippen LogP contribution in [0, 0.1) is 0 Å². The predicted molar refractivity (Wildman–Crippen MR) is 65.4 cm³/mol. The Hall–Kier alpha value is -2.42. The van der Waals surface area contributed by atoms with Gasteiger partial charge in [-0.15, -0.1) is 0 Å². The van der Waals surface area contributed by atoms with Gasteiger partial charge in [0.25, 0.3) is 0 Å². The maximum absolute atomic E-state index is 11.7. The van der Waals surface area contributed by atoms with E-state index in [1.54, 1.807) is 0 Å². The van der Waals surface area contributed by atoms with Crippen LogP contribution in [0.1, 0.15) is 5.69 Å². The molecule has 1 heterocycles. The molecule has 0 atom stereocenters. The Labute approximate surface area is 97.4 Å². The van der Waals surface area contributed by atoms with Gasteiger partial charge in [-0.05, 0) is 30.4 Å². The van der Waals surface area contributed by atoms with Gasteiger partial charge >= 0.3 is 0 Å². The number of para-hydroxylation sites is 1. The fraction of sp³-hybridized carbons (Fsp3) is 0. The Morgan fingerprint density at radius 1 is 1.00 bits per heavy atom. The highest BCUT2D eigenvalue weighted by Gasteiger charge is 2.16. The number of benzene rings is 1. The third kappa shape index (κ3) is 1.61. The molecule has 0 bridgehead atoms. The molecule has 0 aliphatic heterocycles. The minimum atomic E-state index is -0.154. The van der Waals surface area contributed by atoms with Gasteiger partial charge in [-0.2, -0.15) is 0 Å². The molecule has 1 aromatic heterocycles. The lowest BCUT2D eigenvalue weighted by Gasteiger charge is -2.03. The Morgan fingerprint density at radius 2 is 1.82 bits per heavy atom. The molecule has 0 amide bonds. The van der Waals surface area contributed by atoms with Crippen molar-refractivity contribution in [3.8, 4) is 0 Å². The van der Waals surface area contributed by atoms with Crippen molar-refractivity contribution in [2.45, 2.75) is 0 Å². The molecule has 2 aromatic rings. The van der Waals surface area contributed by atoms with Crippen LogP contribution >= 0.6 is 0 Å². The maximum Gasteiger partial charge on any atom is 0.188 e. The highest BCUT2D eigenvalue weighted by Crippen LogP contribution is 2.23. The Kier molecular flexibility index (Phi) is 2.05. The topological polar surface area (TPSA) is 49.9 Å². The van der Waals surface area contributed by atoms with Gasteiger partial charge < -0.3 is 4.98 Å². The number of aromatic nitrogens is 1. The predicted octanol–water partition coefficient (Wildman–Crippen LogP) is 2.26. The van der Waals surface area contributed by atoms with Crippen molar-refractivity contribution in [3.63, 3.8) is 0 Å². The molecule has 0 unspecified atom stereocenters. The van der Waals surface area contributed by atoms with Gasteiger partial charge in [0.05, 0.1) is 5.69 Å². The van der Waals surface area contributed by atoms with E-state index in [1.807, 2.05) is 30.3 Å². The summed E-state index contributed by atoms with van der Waals surface area (Å²) < 4.78 is 0. The minimum absolute atomic E-state index is 0.142. The number of carbonyl (C=O) groups is 2. The number of hydrogen-bond donors (Lipinski definition) is 1. The summed E-state index contributed by atoms with van der Waals surface area (Å²) in [6, 6.07) is 9.63. The molecule has 0 saturated carbocycles. The van der Waals surface area contributed by atoms with E-state index in [4.69, 9.17) is 0 Å². The molecule has 3 heteroatoms. The second-order valence-corrected chi connectivity index (χ2v) is 3.93. The smallest absolute Gasteiger partial charge is 0.188 e. The van der Waals surface area contributed by atoms with Crippen molar-refractivity contribution in [2.24, 2.45) is 0 Å². The van der Waals surface area contributed by atoms with Gasteiger partial charge in [0, 0.05) is 16.5 Å². The number of ketones is 2. The van der Waals surface area contributed by atoms with Crippen molar-refractivity contribution in [1.82, 2.24) is 4.98 Å². The fourth-order valence-corrected chi connectivity index (χ4v) is 1.94. The summed E-state index contributed by atoms with van der Waals surface area (Å²) in [5, 5.41) is 1.03. The van der Waals surface area contributed by atoms with Gasteiger partial charge in [-0.3, -0.25) is 9.59 Å². The summed E-state index contributed by atoms with van der Waals surface area (Å²) in [6.07, 6.45) is 3.96. The number of nitrogens with one attached hydrogen (secondary N) is 1. The van der Waals surface area contributed by atoms with Crippen LogP contribution < -0.4 is 0 Å². The quantitative estimate of drug-likeness (QED) is 0.754. The Balaban J connectivity index is 2.15. The lowest BCUT2D eigenvalue weighted by molar-refractivity contribution is -0.113. The summed E-state index contributed by atoms with van der Waals surface area (Å²) in [6.45, 7) is 0. The molecular weight excluding hydrogens is 214 g/mol. The first-order valence-electron chi connectivity index (χ1n) is 5.30. The van der Waals surface area contributed by atoms with Crippen LogP contribution in [-0.4, -0.2) is 16.6 Å². The highest BCUT2D eigenvalue weighted by molar-refractivity contribution is 6.33. The van der Waals surface area contributed by atoms with E-state index < -0.39 is 0 Å². The van der Waals surface area contributed by atoms with Crippen molar-refractivity contribution >= 4 is 28.0 Å². The highest BCUT2D eigenvalue weighted by atomic mass is 16.1. The van der Waals surface area contributed by atoms with E-state index in [-0.39, 0.29) is 11.6 Å². The average Bonchev–Trinajstić information content (AvgIpc) is 2.75. The number of carbonyl (C=O) groups excluding carboxylic acids is 2. The molecular formula is C14H9NO2. The van der Waals surface area contributed by atoms with Crippen molar-refractivity contribution in [1.29, 1.82) is 0 Å². The molecule has 0 spiro atoms. The van der Waals surface area contributed by atoms with E-state index in [0.29, 0.717) is 11.3 Å². The number of allylic oxidation sites excluding steroid dienone is 4. The Morgan fingerprint density at radius 3 is 2.65 bits per heavy atom. The molecule has 0 fully saturated rings. The number of hydrogen-bond acceptors (Lipinski definition) is 2. The second-order valence-electron chi connectivity index (χ2n) is 3.93. The van der Waals surface area contributed by atoms with Crippen molar-refractivity contribution in [3.05, 3.63) is 54.3 Å². The zero-order valence-electron chi connectivity index (χ0n) is 8.94. The monoisotopic (exact) mass is 223 g/mol. The molecule has 1 N–H and O–H groups in total. The summed E-state index contributed by atoms with van der Waals surface area (Å²) in [5.41, 5.74) is 2.07. The van der Waals surface area contributed by atoms with E-state index >= 15 is 0 Å². The first-order chi connectivity index (χ1) is 8.24. The van der Waals surface area contributed by atoms with Gasteiger partial charge in [-0.1, -0.05) is 18.2 Å². The largest absolute Gasteiger partial charge is 0.354 e. The average molecular weight is 223 g/mol. The molecule has 82 valence electrons. The third-order valence-corrected chi connectivity index (χ3v) is 2.77. The first-order valence-corrected chi connectivity index (χ1v) is 5.30. The van der Waals surface area contributed by atoms with Crippen LogP contribution in [0.2, 0.25) is 0 Å². The van der Waals surface area contributed by atoms with Gasteiger partial charge in [0.1, 0.15) is 0 Å². The third-order valence-electron chi connectivity index (χ3n) is 2.77. The maximum atomic E-state index is 11.7. The molecule has 0 radical (unpaired) electrons. The van der Waals surface area contributed by atoms with Crippen LogP contribution in [0.15, 0.2) is 48.6 Å². The van der Waals surface area contributed by atoms with Gasteiger partial charge in [0.15, 0.2) is 11.6 Å². The van der Waals surface area contributed by atoms with E-state index in [1.165, 1.54) is 18.2 Å². The van der Waals surface area contributed by atoms with Crippen molar-refractivity contribution < 1.29 is 9.59 Å². The molecule has 17 heavy (non-hydrogen) atoms. The SMILES string of the molecule is O=C1C=CC(=O)C(c2cc3ccccc3[nH]2)=C1. The summed E-state index contributed by atoms with van der Waals surface area (Å²) in [4.78, 5) is 26.1. The standard InChI is InChI=1S/C14H9NO2/c16-10-5-6-14(17)11(8-10)13-7-9-3-1-2-4-12(9)15-13/h1-8,15H. The number of H-pyrrole nitrogens is 1. The number of rotatable bonds is 1. The fourth-order valence-electron chi connectivity index (χ4n) is 1.94. The summed E-state index contributed by atoms with van der Waals surface area (Å²) >= 11 is 0. The van der Waals surface area contributed by atoms with Crippen LogP contribution in [0.25, 0.3) is 16.5 Å². The van der Waals surface area contributed by atoms with Crippen LogP contribution in [0.4, 0.5) is 0 Å². The van der Waals surface area contributed by atoms with Crippen LogP contribution in [0.3, 0.4) is 0 Å². The molecule has 1 aromatic carbocycles. The Bertz CT molecular complexity index is 656. The lowest BCUT2D eigenvalue weighted by atomic mass is 10.0. The van der Waals surface area contributed by atoms with Crippen LogP contribution in [-0.2, 0) is 9.59 Å². The first kappa shape index (κ1) is 9.78. The number of fused-ring (bicyclic) bond motifs is 1. The van der Waals surface area contributed by atoms with Crippen molar-refractivity contribution in [2.75, 3.05) is 0 Å². The van der Waals surface area contributed by atoms with E-state index in [2.05, 4.69) is 4.98 Å². The second kappa shape index (κ2) is 3.56. The lowest BCUT2D eigenvalue weighted by Crippen LogP contribution is -2.06.